The van der Waals surface area contributed by atoms with Crippen molar-refractivity contribution in [2.75, 3.05) is 20.3 Å². The van der Waals surface area contributed by atoms with Gasteiger partial charge in [-0.05, 0) is 56.2 Å². The van der Waals surface area contributed by atoms with E-state index in [2.05, 4.69) is 0 Å². The summed E-state index contributed by atoms with van der Waals surface area (Å²) in [7, 11) is 1.58. The van der Waals surface area contributed by atoms with Crippen LogP contribution in [0.3, 0.4) is 0 Å². The zero-order valence-electron chi connectivity index (χ0n) is 17.7. The van der Waals surface area contributed by atoms with Crippen LogP contribution in [0, 0.1) is 0 Å². The van der Waals surface area contributed by atoms with Crippen molar-refractivity contribution in [3.63, 3.8) is 0 Å². The molecule has 7 heteroatoms. The lowest BCUT2D eigenvalue weighted by molar-refractivity contribution is 0.0593. The van der Waals surface area contributed by atoms with Crippen molar-refractivity contribution in [3.05, 3.63) is 74.6 Å². The van der Waals surface area contributed by atoms with Crippen LogP contribution in [0.5, 0.6) is 5.75 Å². The van der Waals surface area contributed by atoms with Crippen molar-refractivity contribution in [2.24, 2.45) is 0 Å². The van der Waals surface area contributed by atoms with Crippen LogP contribution >= 0.6 is 11.6 Å². The number of amides is 1. The highest BCUT2D eigenvalue weighted by Gasteiger charge is 2.42. The van der Waals surface area contributed by atoms with Crippen molar-refractivity contribution in [2.45, 2.75) is 32.4 Å². The lowest BCUT2D eigenvalue weighted by Crippen LogP contribution is -2.31. The molecule has 0 saturated carbocycles. The number of rotatable bonds is 7. The molecule has 0 fully saturated rings. The van der Waals surface area contributed by atoms with Gasteiger partial charge < -0.3 is 18.8 Å². The summed E-state index contributed by atoms with van der Waals surface area (Å²) >= 11 is 6.11. The maximum atomic E-state index is 13.5. The monoisotopic (exact) mass is 441 g/mol. The molecule has 0 saturated heterocycles. The smallest absolute Gasteiger partial charge is 0.290 e. The Balaban J connectivity index is 1.83. The Morgan fingerprint density at radius 1 is 1.16 bits per heavy atom. The van der Waals surface area contributed by atoms with Crippen LogP contribution in [0.15, 0.2) is 51.7 Å². The third-order valence-corrected chi connectivity index (χ3v) is 5.57. The van der Waals surface area contributed by atoms with Crippen LogP contribution in [0.25, 0.3) is 11.0 Å². The predicted molar refractivity (Wildman–Crippen MR) is 119 cm³/mol. The van der Waals surface area contributed by atoms with E-state index in [1.807, 2.05) is 38.1 Å². The molecule has 2 heterocycles. The Kier molecular flexibility index (Phi) is 6.03. The largest absolute Gasteiger partial charge is 0.497 e. The van der Waals surface area contributed by atoms with Gasteiger partial charge in [-0.25, -0.2) is 0 Å². The Bertz CT molecular complexity index is 1190. The van der Waals surface area contributed by atoms with E-state index in [4.69, 9.17) is 25.5 Å². The van der Waals surface area contributed by atoms with E-state index in [1.165, 1.54) is 0 Å². The molecular weight excluding hydrogens is 418 g/mol. The van der Waals surface area contributed by atoms with Gasteiger partial charge in [-0.3, -0.25) is 9.59 Å². The molecule has 0 radical (unpaired) electrons. The Morgan fingerprint density at radius 2 is 1.97 bits per heavy atom. The average molecular weight is 442 g/mol. The second kappa shape index (κ2) is 8.73. The SMILES string of the molecule is COc1cccc([C@H]2c3c(oc4ccc(Cl)cc4c3=O)C(=O)N2CCCOC(C)C)c1. The standard InChI is InChI=1S/C24H24ClNO5/c1-14(2)30-11-5-10-26-21(15-6-4-7-17(12-15)29-3)20-22(27)18-13-16(25)8-9-19(18)31-23(20)24(26)28/h4,6-9,12-14,21H,5,10-11H2,1-3H3/t21-/m0/s1. The van der Waals surface area contributed by atoms with Gasteiger partial charge in [0.1, 0.15) is 11.3 Å². The van der Waals surface area contributed by atoms with E-state index < -0.39 is 6.04 Å². The molecule has 6 nitrogen and oxygen atoms in total. The second-order valence-electron chi connectivity index (χ2n) is 7.77. The molecule has 1 aliphatic rings. The molecule has 0 unspecified atom stereocenters. The molecule has 1 aliphatic heterocycles. The summed E-state index contributed by atoms with van der Waals surface area (Å²) in [5, 5.41) is 0.793. The lowest BCUT2D eigenvalue weighted by Gasteiger charge is -2.25. The molecule has 0 spiro atoms. The zero-order chi connectivity index (χ0) is 22.1. The van der Waals surface area contributed by atoms with Crippen LogP contribution in [-0.2, 0) is 4.74 Å². The van der Waals surface area contributed by atoms with Gasteiger partial charge >= 0.3 is 0 Å². The summed E-state index contributed by atoms with van der Waals surface area (Å²) in [6, 6.07) is 11.7. The maximum Gasteiger partial charge on any atom is 0.290 e. The minimum atomic E-state index is -0.573. The Morgan fingerprint density at radius 3 is 2.71 bits per heavy atom. The highest BCUT2D eigenvalue weighted by Crippen LogP contribution is 2.39. The highest BCUT2D eigenvalue weighted by molar-refractivity contribution is 6.31. The third kappa shape index (κ3) is 4.05. The number of methoxy groups -OCH3 is 1. The highest BCUT2D eigenvalue weighted by atomic mass is 35.5. The molecule has 0 N–H and O–H groups in total. The topological polar surface area (TPSA) is 69.0 Å². The van der Waals surface area contributed by atoms with E-state index in [1.54, 1.807) is 30.2 Å². The summed E-state index contributed by atoms with van der Waals surface area (Å²) in [4.78, 5) is 28.5. The van der Waals surface area contributed by atoms with Crippen molar-refractivity contribution < 1.29 is 18.7 Å². The van der Waals surface area contributed by atoms with Crippen molar-refractivity contribution in [3.8, 4) is 5.75 Å². The van der Waals surface area contributed by atoms with Crippen molar-refractivity contribution in [1.82, 2.24) is 4.90 Å². The fourth-order valence-corrected chi connectivity index (χ4v) is 4.11. The van der Waals surface area contributed by atoms with Crippen LogP contribution in [-0.4, -0.2) is 37.2 Å². The summed E-state index contributed by atoms with van der Waals surface area (Å²) < 4.78 is 16.9. The quantitative estimate of drug-likeness (QED) is 0.492. The first kappa shape index (κ1) is 21.4. The minimum absolute atomic E-state index is 0.0809. The third-order valence-electron chi connectivity index (χ3n) is 5.33. The van der Waals surface area contributed by atoms with Crippen LogP contribution in [0.4, 0.5) is 0 Å². The number of hydrogen-bond acceptors (Lipinski definition) is 5. The molecule has 162 valence electrons. The molecule has 0 bridgehead atoms. The van der Waals surface area contributed by atoms with Gasteiger partial charge in [0.05, 0.1) is 30.2 Å². The van der Waals surface area contributed by atoms with E-state index in [9.17, 15) is 9.59 Å². The molecule has 1 atom stereocenters. The molecular formula is C24H24ClNO5. The number of carbonyl (C=O) groups is 1. The van der Waals surface area contributed by atoms with Gasteiger partial charge in [0, 0.05) is 18.2 Å². The molecule has 4 rings (SSSR count). The van der Waals surface area contributed by atoms with Gasteiger partial charge in [0.2, 0.25) is 5.76 Å². The van der Waals surface area contributed by atoms with Gasteiger partial charge in [0.15, 0.2) is 5.43 Å². The summed E-state index contributed by atoms with van der Waals surface area (Å²) in [5.74, 6) is 0.424. The van der Waals surface area contributed by atoms with Crippen molar-refractivity contribution in [1.29, 1.82) is 0 Å². The van der Waals surface area contributed by atoms with E-state index in [0.29, 0.717) is 46.9 Å². The van der Waals surface area contributed by atoms with Crippen molar-refractivity contribution >= 4 is 28.5 Å². The number of hydrogen-bond donors (Lipinski definition) is 0. The van der Waals surface area contributed by atoms with E-state index in [-0.39, 0.29) is 23.2 Å². The normalized spacial score (nSPS) is 15.7. The lowest BCUT2D eigenvalue weighted by atomic mass is 9.98. The molecule has 2 aromatic carbocycles. The Hall–Kier alpha value is -2.83. The molecule has 1 amide bonds. The molecule has 1 aromatic heterocycles. The minimum Gasteiger partial charge on any atom is -0.497 e. The number of benzene rings is 2. The first-order chi connectivity index (χ1) is 14.9. The average Bonchev–Trinajstić information content (AvgIpc) is 3.04. The number of fused-ring (bicyclic) bond motifs is 2. The predicted octanol–water partition coefficient (Wildman–Crippen LogP) is 4.82. The fourth-order valence-electron chi connectivity index (χ4n) is 3.94. The first-order valence-corrected chi connectivity index (χ1v) is 10.6. The second-order valence-corrected chi connectivity index (χ2v) is 8.20. The van der Waals surface area contributed by atoms with Gasteiger partial charge in [-0.15, -0.1) is 0 Å². The van der Waals surface area contributed by atoms with E-state index >= 15 is 0 Å². The summed E-state index contributed by atoms with van der Waals surface area (Å²) in [6.07, 6.45) is 0.747. The molecule has 31 heavy (non-hydrogen) atoms. The number of ether oxygens (including phenoxy) is 2. The van der Waals surface area contributed by atoms with Crippen LogP contribution < -0.4 is 10.2 Å². The fraction of sp³-hybridized carbons (Fsp3) is 0.333. The van der Waals surface area contributed by atoms with Gasteiger partial charge in [0.25, 0.3) is 5.91 Å². The first-order valence-electron chi connectivity index (χ1n) is 10.2. The summed E-state index contributed by atoms with van der Waals surface area (Å²) in [5.41, 5.74) is 1.21. The Labute approximate surface area is 185 Å². The number of carbonyl (C=O) groups excluding carboxylic acids is 1. The van der Waals surface area contributed by atoms with Crippen LogP contribution in [0.1, 0.15) is 48.0 Å². The van der Waals surface area contributed by atoms with Crippen LogP contribution in [0.2, 0.25) is 5.02 Å². The molecule has 0 aliphatic carbocycles. The van der Waals surface area contributed by atoms with Gasteiger partial charge in [-0.2, -0.15) is 0 Å². The maximum absolute atomic E-state index is 13.5. The zero-order valence-corrected chi connectivity index (χ0v) is 18.4. The number of nitrogens with zero attached hydrogens (tertiary/aromatic N) is 1. The molecule has 3 aromatic rings. The summed E-state index contributed by atoms with van der Waals surface area (Å²) in [6.45, 7) is 4.88. The van der Waals surface area contributed by atoms with E-state index in [0.717, 1.165) is 5.56 Å². The van der Waals surface area contributed by atoms with Gasteiger partial charge in [-0.1, -0.05) is 23.7 Å². The number of halogens is 1.